The number of thiophene rings is 1. The van der Waals surface area contributed by atoms with Crippen molar-refractivity contribution in [1.29, 1.82) is 0 Å². The van der Waals surface area contributed by atoms with Gasteiger partial charge in [0, 0.05) is 23.3 Å². The van der Waals surface area contributed by atoms with Crippen LogP contribution in [0.25, 0.3) is 15.5 Å². The van der Waals surface area contributed by atoms with Gasteiger partial charge in [0.2, 0.25) is 0 Å². The lowest BCUT2D eigenvalue weighted by molar-refractivity contribution is 0.102. The number of hydrogen-bond donors (Lipinski definition) is 1. The number of imidazole rings is 1. The number of aromatic nitrogens is 2. The van der Waals surface area contributed by atoms with E-state index >= 15 is 0 Å². The van der Waals surface area contributed by atoms with Gasteiger partial charge in [0.15, 0.2) is 16.5 Å². The average Bonchev–Trinajstić information content (AvgIpc) is 3.37. The van der Waals surface area contributed by atoms with Crippen molar-refractivity contribution < 1.29 is 14.3 Å². The first-order valence-electron chi connectivity index (χ1n) is 7.73. The van der Waals surface area contributed by atoms with Crippen LogP contribution in [0.4, 0.5) is 5.69 Å². The molecule has 0 aliphatic carbocycles. The number of nitrogens with zero attached hydrogens (tertiary/aromatic N) is 2. The smallest absolute Gasteiger partial charge is 0.273 e. The van der Waals surface area contributed by atoms with E-state index in [-0.39, 0.29) is 5.91 Å². The first-order chi connectivity index (χ1) is 12.7. The van der Waals surface area contributed by atoms with E-state index in [1.54, 1.807) is 49.1 Å². The largest absolute Gasteiger partial charge is 0.493 e. The molecule has 8 heteroatoms. The highest BCUT2D eigenvalue weighted by Gasteiger charge is 2.16. The molecule has 3 aromatic heterocycles. The van der Waals surface area contributed by atoms with Gasteiger partial charge in [-0.2, -0.15) is 0 Å². The number of nitrogens with one attached hydrogen (secondary N) is 1. The van der Waals surface area contributed by atoms with Crippen molar-refractivity contribution in [2.75, 3.05) is 19.5 Å². The maximum Gasteiger partial charge on any atom is 0.273 e. The molecule has 132 valence electrons. The van der Waals surface area contributed by atoms with E-state index in [0.29, 0.717) is 22.9 Å². The SMILES string of the molecule is COc1ccc(NC(=O)c2csc3nc(-c4cccs4)cn23)cc1OC. The Hall–Kier alpha value is -2.84. The van der Waals surface area contributed by atoms with Crippen LogP contribution >= 0.6 is 22.7 Å². The summed E-state index contributed by atoms with van der Waals surface area (Å²) in [4.78, 5) is 19.2. The molecule has 4 rings (SSSR count). The van der Waals surface area contributed by atoms with E-state index in [9.17, 15) is 4.79 Å². The highest BCUT2D eigenvalue weighted by atomic mass is 32.1. The number of carbonyl (C=O) groups excluding carboxylic acids is 1. The predicted molar refractivity (Wildman–Crippen MR) is 104 cm³/mol. The number of fused-ring (bicyclic) bond motifs is 1. The topological polar surface area (TPSA) is 64.9 Å². The Morgan fingerprint density at radius 1 is 1.15 bits per heavy atom. The van der Waals surface area contributed by atoms with E-state index < -0.39 is 0 Å². The van der Waals surface area contributed by atoms with Crippen molar-refractivity contribution in [2.24, 2.45) is 0 Å². The molecule has 26 heavy (non-hydrogen) atoms. The van der Waals surface area contributed by atoms with Gasteiger partial charge in [0.25, 0.3) is 5.91 Å². The monoisotopic (exact) mass is 385 g/mol. The van der Waals surface area contributed by atoms with Crippen LogP contribution in [0.3, 0.4) is 0 Å². The lowest BCUT2D eigenvalue weighted by atomic mass is 10.2. The summed E-state index contributed by atoms with van der Waals surface area (Å²) in [7, 11) is 3.13. The number of hydrogen-bond acceptors (Lipinski definition) is 6. The summed E-state index contributed by atoms with van der Waals surface area (Å²) in [5, 5.41) is 6.70. The van der Waals surface area contributed by atoms with Gasteiger partial charge in [-0.3, -0.25) is 9.20 Å². The zero-order chi connectivity index (χ0) is 18.1. The summed E-state index contributed by atoms with van der Waals surface area (Å²) in [5.74, 6) is 0.959. The van der Waals surface area contributed by atoms with E-state index in [4.69, 9.17) is 9.47 Å². The standard InChI is InChI=1S/C18H15N3O3S2/c1-23-14-6-5-11(8-15(14)24-2)19-17(22)13-10-26-18-20-12(9-21(13)18)16-4-3-7-25-16/h3-10H,1-2H3,(H,19,22). The first kappa shape index (κ1) is 16.6. The molecule has 6 nitrogen and oxygen atoms in total. The Labute approximate surface area is 157 Å². The summed E-state index contributed by atoms with van der Waals surface area (Å²) < 4.78 is 12.3. The van der Waals surface area contributed by atoms with Crippen LogP contribution in [-0.4, -0.2) is 29.5 Å². The Morgan fingerprint density at radius 3 is 2.73 bits per heavy atom. The molecular formula is C18H15N3O3S2. The van der Waals surface area contributed by atoms with Crippen molar-refractivity contribution >= 4 is 39.2 Å². The zero-order valence-electron chi connectivity index (χ0n) is 14.1. The van der Waals surface area contributed by atoms with Gasteiger partial charge in [0.05, 0.1) is 19.1 Å². The molecular weight excluding hydrogens is 370 g/mol. The van der Waals surface area contributed by atoms with Gasteiger partial charge < -0.3 is 14.8 Å². The molecule has 0 bridgehead atoms. The molecule has 0 fully saturated rings. The maximum atomic E-state index is 12.7. The Balaban J connectivity index is 1.62. The first-order valence-corrected chi connectivity index (χ1v) is 9.49. The van der Waals surface area contributed by atoms with Gasteiger partial charge in [-0.1, -0.05) is 6.07 Å². The molecule has 1 aromatic carbocycles. The Bertz CT molecular complexity index is 1070. The minimum Gasteiger partial charge on any atom is -0.493 e. The molecule has 0 unspecified atom stereocenters. The molecule has 0 spiro atoms. The minimum absolute atomic E-state index is 0.210. The van der Waals surface area contributed by atoms with Gasteiger partial charge in [-0.25, -0.2) is 4.98 Å². The molecule has 3 heterocycles. The van der Waals surface area contributed by atoms with Crippen LogP contribution in [-0.2, 0) is 0 Å². The molecule has 0 atom stereocenters. The number of ether oxygens (including phenoxy) is 2. The summed E-state index contributed by atoms with van der Waals surface area (Å²) >= 11 is 3.06. The fraction of sp³-hybridized carbons (Fsp3) is 0.111. The van der Waals surface area contributed by atoms with Gasteiger partial charge >= 0.3 is 0 Å². The Morgan fingerprint density at radius 2 is 2.00 bits per heavy atom. The third-order valence-corrected chi connectivity index (χ3v) is 5.59. The van der Waals surface area contributed by atoms with Crippen LogP contribution < -0.4 is 14.8 Å². The fourth-order valence-electron chi connectivity index (χ4n) is 2.60. The molecule has 1 amide bonds. The number of anilines is 1. The molecule has 0 aliphatic heterocycles. The van der Waals surface area contributed by atoms with Gasteiger partial charge in [-0.15, -0.1) is 22.7 Å². The molecule has 4 aromatic rings. The lowest BCUT2D eigenvalue weighted by Gasteiger charge is -2.10. The third-order valence-electron chi connectivity index (χ3n) is 3.86. The second kappa shape index (κ2) is 6.81. The van der Waals surface area contributed by atoms with Crippen LogP contribution in [0.15, 0.2) is 47.3 Å². The normalized spacial score (nSPS) is 10.8. The molecule has 0 saturated carbocycles. The van der Waals surface area contributed by atoms with Crippen LogP contribution in [0, 0.1) is 0 Å². The highest BCUT2D eigenvalue weighted by Crippen LogP contribution is 2.31. The molecule has 0 radical (unpaired) electrons. The number of amides is 1. The minimum atomic E-state index is -0.210. The highest BCUT2D eigenvalue weighted by molar-refractivity contribution is 7.15. The average molecular weight is 385 g/mol. The fourth-order valence-corrected chi connectivity index (χ4v) is 4.13. The number of rotatable bonds is 5. The molecule has 0 saturated heterocycles. The van der Waals surface area contributed by atoms with Crippen molar-refractivity contribution in [3.63, 3.8) is 0 Å². The van der Waals surface area contributed by atoms with E-state index in [2.05, 4.69) is 10.3 Å². The number of methoxy groups -OCH3 is 2. The summed E-state index contributed by atoms with van der Waals surface area (Å²) in [5.41, 5.74) is 2.03. The molecule has 1 N–H and O–H groups in total. The second-order valence-electron chi connectivity index (χ2n) is 5.40. The van der Waals surface area contributed by atoms with Crippen molar-refractivity contribution in [2.45, 2.75) is 0 Å². The van der Waals surface area contributed by atoms with E-state index in [1.807, 2.05) is 28.1 Å². The summed E-state index contributed by atoms with van der Waals surface area (Å²) in [6.45, 7) is 0. The Kier molecular flexibility index (Phi) is 4.36. The van der Waals surface area contributed by atoms with Crippen molar-refractivity contribution in [1.82, 2.24) is 9.38 Å². The van der Waals surface area contributed by atoms with Crippen molar-refractivity contribution in [3.8, 4) is 22.1 Å². The second-order valence-corrected chi connectivity index (χ2v) is 7.19. The predicted octanol–water partition coefficient (Wildman–Crippen LogP) is 4.39. The van der Waals surface area contributed by atoms with Gasteiger partial charge in [0.1, 0.15) is 11.4 Å². The number of thiazole rings is 1. The van der Waals surface area contributed by atoms with Crippen LogP contribution in [0.1, 0.15) is 10.5 Å². The van der Waals surface area contributed by atoms with Crippen LogP contribution in [0.2, 0.25) is 0 Å². The zero-order valence-corrected chi connectivity index (χ0v) is 15.7. The number of benzene rings is 1. The third kappa shape index (κ3) is 2.93. The van der Waals surface area contributed by atoms with E-state index in [0.717, 1.165) is 15.5 Å². The summed E-state index contributed by atoms with van der Waals surface area (Å²) in [6.07, 6.45) is 1.89. The number of carbonyl (C=O) groups is 1. The van der Waals surface area contributed by atoms with E-state index in [1.165, 1.54) is 11.3 Å². The lowest BCUT2D eigenvalue weighted by Crippen LogP contribution is -2.13. The molecule has 0 aliphatic rings. The quantitative estimate of drug-likeness (QED) is 0.553. The summed E-state index contributed by atoms with van der Waals surface area (Å²) in [6, 6.07) is 9.25. The van der Waals surface area contributed by atoms with Crippen LogP contribution in [0.5, 0.6) is 11.5 Å². The van der Waals surface area contributed by atoms with Crippen molar-refractivity contribution in [3.05, 3.63) is 53.0 Å². The van der Waals surface area contributed by atoms with Gasteiger partial charge in [-0.05, 0) is 23.6 Å². The maximum absolute atomic E-state index is 12.7.